The highest BCUT2D eigenvalue weighted by Gasteiger charge is 2.15. The van der Waals surface area contributed by atoms with Crippen molar-refractivity contribution < 1.29 is 28.5 Å². The third-order valence-electron chi connectivity index (χ3n) is 4.87. The van der Waals surface area contributed by atoms with Gasteiger partial charge in [-0.05, 0) is 49.7 Å². The molecule has 2 heterocycles. The largest absolute Gasteiger partial charge is 0.462 e. The summed E-state index contributed by atoms with van der Waals surface area (Å²) in [7, 11) is 0. The Hall–Kier alpha value is -3.17. The van der Waals surface area contributed by atoms with Gasteiger partial charge in [-0.15, -0.1) is 0 Å². The summed E-state index contributed by atoms with van der Waals surface area (Å²) in [6.45, 7) is 5.84. The summed E-state index contributed by atoms with van der Waals surface area (Å²) in [5, 5.41) is 0. The third kappa shape index (κ3) is 4.84. The van der Waals surface area contributed by atoms with Crippen LogP contribution in [0, 0.1) is 0 Å². The molecule has 0 spiro atoms. The molecule has 0 bridgehead atoms. The first kappa shape index (κ1) is 22.0. The Kier molecular flexibility index (Phi) is 6.87. The Balaban J connectivity index is 1.65. The number of aromatic nitrogens is 1. The van der Waals surface area contributed by atoms with Crippen LogP contribution in [-0.2, 0) is 27.2 Å². The van der Waals surface area contributed by atoms with Crippen LogP contribution in [0.2, 0.25) is 0 Å². The predicted octanol–water partition coefficient (Wildman–Crippen LogP) is 3.31. The molecule has 1 aliphatic heterocycles. The second-order valence-electron chi connectivity index (χ2n) is 7.01. The molecule has 2 aromatic carbocycles. The SMILES string of the molecule is CCOCCn1c(=NC(=O)Cc2ccc3c(c2)OCO3)sc2cc(C(=O)OCC)ccc21. The zero-order valence-corrected chi connectivity index (χ0v) is 18.8. The van der Waals surface area contributed by atoms with Crippen LogP contribution < -0.4 is 14.3 Å². The van der Waals surface area contributed by atoms with E-state index in [1.807, 2.05) is 23.6 Å². The molecule has 0 radical (unpaired) electrons. The highest BCUT2D eigenvalue weighted by atomic mass is 32.1. The molecule has 0 aliphatic carbocycles. The summed E-state index contributed by atoms with van der Waals surface area (Å²) in [6, 6.07) is 10.8. The molecule has 4 rings (SSSR count). The van der Waals surface area contributed by atoms with E-state index in [2.05, 4.69) is 4.99 Å². The Labute approximate surface area is 189 Å². The molecule has 0 N–H and O–H groups in total. The quantitative estimate of drug-likeness (QED) is 0.382. The fraction of sp³-hybridized carbons (Fsp3) is 0.348. The molecule has 32 heavy (non-hydrogen) atoms. The number of thiazole rings is 1. The molecule has 168 valence electrons. The van der Waals surface area contributed by atoms with E-state index < -0.39 is 0 Å². The van der Waals surface area contributed by atoms with Gasteiger partial charge >= 0.3 is 5.97 Å². The first-order chi connectivity index (χ1) is 15.6. The third-order valence-corrected chi connectivity index (χ3v) is 5.91. The zero-order valence-electron chi connectivity index (χ0n) is 18.0. The van der Waals surface area contributed by atoms with Crippen LogP contribution in [0.3, 0.4) is 0 Å². The molecule has 1 aromatic heterocycles. The lowest BCUT2D eigenvalue weighted by Crippen LogP contribution is -2.20. The number of fused-ring (bicyclic) bond motifs is 2. The molecule has 3 aromatic rings. The number of hydrogen-bond donors (Lipinski definition) is 0. The van der Waals surface area contributed by atoms with Gasteiger partial charge in [-0.25, -0.2) is 4.79 Å². The molecule has 0 saturated heterocycles. The van der Waals surface area contributed by atoms with Crippen molar-refractivity contribution in [2.24, 2.45) is 4.99 Å². The highest BCUT2D eigenvalue weighted by molar-refractivity contribution is 7.16. The number of rotatable bonds is 8. The van der Waals surface area contributed by atoms with Crippen molar-refractivity contribution in [1.82, 2.24) is 4.57 Å². The summed E-state index contributed by atoms with van der Waals surface area (Å²) in [4.78, 5) is 29.8. The number of carbonyl (C=O) groups excluding carboxylic acids is 2. The van der Waals surface area contributed by atoms with Crippen molar-refractivity contribution in [1.29, 1.82) is 0 Å². The Morgan fingerprint density at radius 1 is 1.09 bits per heavy atom. The van der Waals surface area contributed by atoms with Crippen LogP contribution in [0.15, 0.2) is 41.4 Å². The van der Waals surface area contributed by atoms with Gasteiger partial charge in [0, 0.05) is 13.2 Å². The first-order valence-corrected chi connectivity index (χ1v) is 11.2. The lowest BCUT2D eigenvalue weighted by molar-refractivity contribution is -0.117. The average Bonchev–Trinajstić information content (AvgIpc) is 3.37. The van der Waals surface area contributed by atoms with Gasteiger partial charge in [0.25, 0.3) is 5.91 Å². The Morgan fingerprint density at radius 3 is 2.75 bits per heavy atom. The molecule has 0 fully saturated rings. The van der Waals surface area contributed by atoms with Gasteiger partial charge in [-0.3, -0.25) is 4.79 Å². The molecular weight excluding hydrogens is 432 g/mol. The lowest BCUT2D eigenvalue weighted by atomic mass is 10.1. The summed E-state index contributed by atoms with van der Waals surface area (Å²) < 4.78 is 24.1. The molecule has 9 heteroatoms. The maximum Gasteiger partial charge on any atom is 0.338 e. The van der Waals surface area contributed by atoms with Gasteiger partial charge < -0.3 is 23.5 Å². The van der Waals surface area contributed by atoms with Crippen molar-refractivity contribution in [3.63, 3.8) is 0 Å². The van der Waals surface area contributed by atoms with Crippen LogP contribution in [0.5, 0.6) is 11.5 Å². The molecule has 0 saturated carbocycles. The second-order valence-corrected chi connectivity index (χ2v) is 8.02. The predicted molar refractivity (Wildman–Crippen MR) is 119 cm³/mol. The van der Waals surface area contributed by atoms with E-state index in [9.17, 15) is 9.59 Å². The summed E-state index contributed by atoms with van der Waals surface area (Å²) in [5.74, 6) is 0.663. The number of carbonyl (C=O) groups is 2. The zero-order chi connectivity index (χ0) is 22.5. The maximum absolute atomic E-state index is 12.8. The number of hydrogen-bond acceptors (Lipinski definition) is 7. The Morgan fingerprint density at radius 2 is 1.94 bits per heavy atom. The summed E-state index contributed by atoms with van der Waals surface area (Å²) in [6.07, 6.45) is 0.143. The minimum atomic E-state index is -0.374. The normalized spacial score (nSPS) is 13.0. The van der Waals surface area contributed by atoms with E-state index in [4.69, 9.17) is 18.9 Å². The summed E-state index contributed by atoms with van der Waals surface area (Å²) in [5.41, 5.74) is 2.16. The van der Waals surface area contributed by atoms with Gasteiger partial charge in [-0.2, -0.15) is 4.99 Å². The molecule has 0 atom stereocenters. The topological polar surface area (TPSA) is 88.4 Å². The number of esters is 1. The fourth-order valence-corrected chi connectivity index (χ4v) is 4.50. The second kappa shape index (κ2) is 9.97. The molecule has 1 aliphatic rings. The van der Waals surface area contributed by atoms with Crippen molar-refractivity contribution >= 4 is 33.4 Å². The minimum Gasteiger partial charge on any atom is -0.462 e. The van der Waals surface area contributed by atoms with Crippen molar-refractivity contribution in [3.05, 3.63) is 52.3 Å². The monoisotopic (exact) mass is 456 g/mol. The molecule has 0 unspecified atom stereocenters. The number of ether oxygens (including phenoxy) is 4. The van der Waals surface area contributed by atoms with Crippen LogP contribution in [-0.4, -0.2) is 43.1 Å². The molecule has 1 amide bonds. The van der Waals surface area contributed by atoms with Gasteiger partial charge in [0.2, 0.25) is 6.79 Å². The van der Waals surface area contributed by atoms with Crippen LogP contribution in [0.25, 0.3) is 10.2 Å². The van der Waals surface area contributed by atoms with E-state index >= 15 is 0 Å². The number of benzene rings is 2. The smallest absolute Gasteiger partial charge is 0.338 e. The number of amides is 1. The fourth-order valence-electron chi connectivity index (χ4n) is 3.39. The number of nitrogens with zero attached hydrogens (tertiary/aromatic N) is 2. The Bertz CT molecular complexity index is 1210. The van der Waals surface area contributed by atoms with Crippen LogP contribution in [0.1, 0.15) is 29.8 Å². The van der Waals surface area contributed by atoms with Crippen LogP contribution in [0.4, 0.5) is 0 Å². The van der Waals surface area contributed by atoms with Gasteiger partial charge in [-0.1, -0.05) is 17.4 Å². The van der Waals surface area contributed by atoms with E-state index in [-0.39, 0.29) is 25.1 Å². The molecule has 8 nitrogen and oxygen atoms in total. The molecular formula is C23H24N2O6S. The van der Waals surface area contributed by atoms with E-state index in [1.165, 1.54) is 11.3 Å². The standard InChI is InChI=1S/C23H24N2O6S/c1-3-28-10-9-25-17-7-6-16(22(27)29-4-2)13-20(17)32-23(25)24-21(26)12-15-5-8-18-19(11-15)31-14-30-18/h5-8,11,13H,3-4,9-10,12,14H2,1-2H3. The average molecular weight is 457 g/mol. The van der Waals surface area contributed by atoms with Crippen molar-refractivity contribution in [3.8, 4) is 11.5 Å². The van der Waals surface area contributed by atoms with Crippen molar-refractivity contribution in [2.75, 3.05) is 26.6 Å². The first-order valence-electron chi connectivity index (χ1n) is 10.4. The van der Waals surface area contributed by atoms with E-state index in [1.54, 1.807) is 31.2 Å². The van der Waals surface area contributed by atoms with Gasteiger partial charge in [0.05, 0.1) is 35.4 Å². The lowest BCUT2D eigenvalue weighted by Gasteiger charge is -2.06. The van der Waals surface area contributed by atoms with Gasteiger partial charge in [0.1, 0.15) is 0 Å². The van der Waals surface area contributed by atoms with Gasteiger partial charge in [0.15, 0.2) is 16.3 Å². The highest BCUT2D eigenvalue weighted by Crippen LogP contribution is 2.32. The summed E-state index contributed by atoms with van der Waals surface area (Å²) >= 11 is 1.36. The van der Waals surface area contributed by atoms with E-state index in [0.29, 0.717) is 48.2 Å². The van der Waals surface area contributed by atoms with Crippen molar-refractivity contribution in [2.45, 2.75) is 26.8 Å². The minimum absolute atomic E-state index is 0.143. The maximum atomic E-state index is 12.8. The van der Waals surface area contributed by atoms with Crippen LogP contribution >= 0.6 is 11.3 Å². The van der Waals surface area contributed by atoms with E-state index in [0.717, 1.165) is 15.8 Å².